The summed E-state index contributed by atoms with van der Waals surface area (Å²) in [5.41, 5.74) is 0. The predicted octanol–water partition coefficient (Wildman–Crippen LogP) is 1.95. The number of anilines is 1. The zero-order chi connectivity index (χ0) is 9.97. The summed E-state index contributed by atoms with van der Waals surface area (Å²) in [4.78, 5) is 6.55. The van der Waals surface area contributed by atoms with E-state index in [1.165, 1.54) is 0 Å². The summed E-state index contributed by atoms with van der Waals surface area (Å²) in [6.45, 7) is 5.18. The van der Waals surface area contributed by atoms with Crippen LogP contribution in [0, 0.1) is 0 Å². The maximum absolute atomic E-state index is 5.85. The van der Waals surface area contributed by atoms with Gasteiger partial charge >= 0.3 is 0 Å². The van der Waals surface area contributed by atoms with Gasteiger partial charge < -0.3 is 10.2 Å². The molecule has 1 aliphatic rings. The molecular formula is C10H15Cl2N3. The summed E-state index contributed by atoms with van der Waals surface area (Å²) < 4.78 is 0. The van der Waals surface area contributed by atoms with Crippen LogP contribution in [0.25, 0.3) is 0 Å². The van der Waals surface area contributed by atoms with Gasteiger partial charge in [-0.15, -0.1) is 12.4 Å². The van der Waals surface area contributed by atoms with E-state index in [0.717, 1.165) is 25.5 Å². The summed E-state index contributed by atoms with van der Waals surface area (Å²) in [6.07, 6.45) is 0. The second kappa shape index (κ2) is 5.54. The van der Waals surface area contributed by atoms with Crippen molar-refractivity contribution in [3.63, 3.8) is 0 Å². The Balaban J connectivity index is 0.00000112. The summed E-state index contributed by atoms with van der Waals surface area (Å²) in [5.74, 6) is 0.978. The van der Waals surface area contributed by atoms with E-state index in [0.29, 0.717) is 11.2 Å². The molecule has 2 heterocycles. The lowest BCUT2D eigenvalue weighted by Crippen LogP contribution is -2.49. The molecular weight excluding hydrogens is 233 g/mol. The van der Waals surface area contributed by atoms with Crippen LogP contribution in [0.1, 0.15) is 6.92 Å². The molecule has 3 nitrogen and oxygen atoms in total. The normalized spacial score (nSPS) is 20.9. The summed E-state index contributed by atoms with van der Waals surface area (Å²) in [7, 11) is 0. The Bertz CT molecular complexity index is 319. The van der Waals surface area contributed by atoms with E-state index >= 15 is 0 Å². The van der Waals surface area contributed by atoms with E-state index in [9.17, 15) is 0 Å². The Kier molecular flexibility index (Phi) is 4.64. The van der Waals surface area contributed by atoms with Crippen LogP contribution in [0.3, 0.4) is 0 Å². The average molecular weight is 248 g/mol. The van der Waals surface area contributed by atoms with Crippen LogP contribution >= 0.6 is 24.0 Å². The summed E-state index contributed by atoms with van der Waals surface area (Å²) in [5, 5.41) is 3.96. The van der Waals surface area contributed by atoms with Crippen LogP contribution in [-0.2, 0) is 0 Å². The molecule has 1 N–H and O–H groups in total. The maximum atomic E-state index is 5.85. The maximum Gasteiger partial charge on any atom is 0.131 e. The van der Waals surface area contributed by atoms with Crippen LogP contribution in [0.2, 0.25) is 5.15 Å². The van der Waals surface area contributed by atoms with E-state index in [-0.39, 0.29) is 12.4 Å². The highest BCUT2D eigenvalue weighted by Crippen LogP contribution is 2.15. The van der Waals surface area contributed by atoms with Crippen molar-refractivity contribution < 1.29 is 0 Å². The number of nitrogens with one attached hydrogen (secondary N) is 1. The molecule has 5 heteroatoms. The molecule has 1 atom stereocenters. The minimum absolute atomic E-state index is 0. The number of hydrogen-bond donors (Lipinski definition) is 1. The average Bonchev–Trinajstić information content (AvgIpc) is 2.18. The minimum atomic E-state index is 0. The highest BCUT2D eigenvalue weighted by molar-refractivity contribution is 6.29. The molecule has 2 rings (SSSR count). The Morgan fingerprint density at radius 1 is 1.53 bits per heavy atom. The molecule has 1 aromatic rings. The lowest BCUT2D eigenvalue weighted by Gasteiger charge is -2.32. The molecule has 84 valence electrons. The Morgan fingerprint density at radius 3 is 3.00 bits per heavy atom. The SMILES string of the molecule is CC1CN(c2cccc(Cl)n2)CCN1.Cl. The standard InChI is InChI=1S/C10H14ClN3.ClH/c1-8-7-14(6-5-12-8)10-4-2-3-9(11)13-10;/h2-4,8,12H,5-7H2,1H3;1H. The van der Waals surface area contributed by atoms with Gasteiger partial charge in [-0.1, -0.05) is 17.7 Å². The van der Waals surface area contributed by atoms with E-state index in [1.807, 2.05) is 12.1 Å². The van der Waals surface area contributed by atoms with Crippen molar-refractivity contribution in [2.45, 2.75) is 13.0 Å². The first kappa shape index (κ1) is 12.6. The quantitative estimate of drug-likeness (QED) is 0.770. The first-order chi connectivity index (χ1) is 6.75. The van der Waals surface area contributed by atoms with Gasteiger partial charge in [-0.2, -0.15) is 0 Å². The summed E-state index contributed by atoms with van der Waals surface area (Å²) >= 11 is 5.85. The molecule has 1 saturated heterocycles. The monoisotopic (exact) mass is 247 g/mol. The van der Waals surface area contributed by atoms with Crippen molar-refractivity contribution >= 4 is 29.8 Å². The van der Waals surface area contributed by atoms with Crippen LogP contribution < -0.4 is 10.2 Å². The van der Waals surface area contributed by atoms with Crippen LogP contribution in [0.4, 0.5) is 5.82 Å². The van der Waals surface area contributed by atoms with Gasteiger partial charge in [-0.3, -0.25) is 0 Å². The number of piperazine rings is 1. The van der Waals surface area contributed by atoms with E-state index in [2.05, 4.69) is 22.1 Å². The third-order valence-electron chi connectivity index (χ3n) is 2.39. The van der Waals surface area contributed by atoms with Crippen molar-refractivity contribution in [2.24, 2.45) is 0 Å². The van der Waals surface area contributed by atoms with Gasteiger partial charge in [-0.05, 0) is 19.1 Å². The molecule has 0 spiro atoms. The molecule has 0 amide bonds. The van der Waals surface area contributed by atoms with Gasteiger partial charge in [0, 0.05) is 25.7 Å². The number of hydrogen-bond acceptors (Lipinski definition) is 3. The number of aromatic nitrogens is 1. The van der Waals surface area contributed by atoms with Crippen LogP contribution in [0.5, 0.6) is 0 Å². The summed E-state index contributed by atoms with van der Waals surface area (Å²) in [6, 6.07) is 6.27. The lowest BCUT2D eigenvalue weighted by molar-refractivity contribution is 0.482. The molecule has 1 fully saturated rings. The third-order valence-corrected chi connectivity index (χ3v) is 2.60. The van der Waals surface area contributed by atoms with Crippen LogP contribution in [-0.4, -0.2) is 30.7 Å². The van der Waals surface area contributed by atoms with Gasteiger partial charge in [0.1, 0.15) is 11.0 Å². The number of halogens is 2. The van der Waals surface area contributed by atoms with Crippen molar-refractivity contribution in [3.8, 4) is 0 Å². The van der Waals surface area contributed by atoms with E-state index in [4.69, 9.17) is 11.6 Å². The van der Waals surface area contributed by atoms with Crippen molar-refractivity contribution in [1.29, 1.82) is 0 Å². The Labute approximate surface area is 101 Å². The number of nitrogens with zero attached hydrogens (tertiary/aromatic N) is 2. The Hall–Kier alpha value is -0.510. The second-order valence-corrected chi connectivity index (χ2v) is 4.01. The van der Waals surface area contributed by atoms with Crippen molar-refractivity contribution in [1.82, 2.24) is 10.3 Å². The van der Waals surface area contributed by atoms with Crippen molar-refractivity contribution in [3.05, 3.63) is 23.4 Å². The zero-order valence-electron chi connectivity index (χ0n) is 8.61. The topological polar surface area (TPSA) is 28.2 Å². The molecule has 1 unspecified atom stereocenters. The van der Waals surface area contributed by atoms with Gasteiger partial charge in [0.15, 0.2) is 0 Å². The molecule has 0 aromatic carbocycles. The zero-order valence-corrected chi connectivity index (χ0v) is 10.2. The molecule has 15 heavy (non-hydrogen) atoms. The first-order valence-electron chi connectivity index (χ1n) is 4.86. The van der Waals surface area contributed by atoms with E-state index < -0.39 is 0 Å². The fourth-order valence-corrected chi connectivity index (χ4v) is 1.87. The smallest absolute Gasteiger partial charge is 0.131 e. The molecule has 0 saturated carbocycles. The van der Waals surface area contributed by atoms with Gasteiger partial charge in [0.2, 0.25) is 0 Å². The fraction of sp³-hybridized carbons (Fsp3) is 0.500. The Morgan fingerprint density at radius 2 is 2.33 bits per heavy atom. The lowest BCUT2D eigenvalue weighted by atomic mass is 10.2. The highest BCUT2D eigenvalue weighted by atomic mass is 35.5. The molecule has 0 bridgehead atoms. The van der Waals surface area contributed by atoms with E-state index in [1.54, 1.807) is 6.07 Å². The molecule has 0 aliphatic carbocycles. The van der Waals surface area contributed by atoms with Gasteiger partial charge in [-0.25, -0.2) is 4.98 Å². The number of pyridine rings is 1. The molecule has 1 aliphatic heterocycles. The van der Waals surface area contributed by atoms with Gasteiger partial charge in [0.05, 0.1) is 0 Å². The van der Waals surface area contributed by atoms with Gasteiger partial charge in [0.25, 0.3) is 0 Å². The van der Waals surface area contributed by atoms with Crippen LogP contribution in [0.15, 0.2) is 18.2 Å². The first-order valence-corrected chi connectivity index (χ1v) is 5.24. The molecule has 1 aromatic heterocycles. The highest BCUT2D eigenvalue weighted by Gasteiger charge is 2.16. The number of rotatable bonds is 1. The third kappa shape index (κ3) is 3.23. The van der Waals surface area contributed by atoms with Crippen molar-refractivity contribution in [2.75, 3.05) is 24.5 Å². The second-order valence-electron chi connectivity index (χ2n) is 3.62. The minimum Gasteiger partial charge on any atom is -0.354 e. The predicted molar refractivity (Wildman–Crippen MR) is 66.2 cm³/mol. The largest absolute Gasteiger partial charge is 0.354 e. The fourth-order valence-electron chi connectivity index (χ4n) is 1.71. The molecule has 0 radical (unpaired) electrons.